The molecule has 5 heterocycles. The van der Waals surface area contributed by atoms with Crippen LogP contribution in [0.3, 0.4) is 0 Å². The molecule has 0 aliphatic heterocycles. The van der Waals surface area contributed by atoms with E-state index in [0.717, 1.165) is 61.7 Å². The normalized spacial score (nSPS) is 12.9. The highest BCUT2D eigenvalue weighted by Gasteiger charge is 2.37. The van der Waals surface area contributed by atoms with E-state index >= 15 is 0 Å². The molecular weight excluding hydrogens is 1190 g/mol. The van der Waals surface area contributed by atoms with Gasteiger partial charge in [-0.05, 0) is 159 Å². The van der Waals surface area contributed by atoms with Crippen molar-refractivity contribution in [1.29, 1.82) is 0 Å². The number of hydrogen-bond donors (Lipinski definition) is 0. The van der Waals surface area contributed by atoms with Gasteiger partial charge in [0.2, 0.25) is 0 Å². The van der Waals surface area contributed by atoms with Crippen LogP contribution in [-0.4, -0.2) is 22.8 Å². The van der Waals surface area contributed by atoms with Crippen molar-refractivity contribution in [2.75, 3.05) is 0 Å². The summed E-state index contributed by atoms with van der Waals surface area (Å²) in [5.74, 6) is 0. The summed E-state index contributed by atoms with van der Waals surface area (Å²) in [6.07, 6.45) is 0. The molecule has 0 bridgehead atoms. The topological polar surface area (TPSA) is 24.6 Å². The van der Waals surface area contributed by atoms with Crippen molar-refractivity contribution in [2.24, 2.45) is 0 Å². The molecule has 0 amide bonds. The molecule has 0 radical (unpaired) electrons. The number of hydrogen-bond acceptors (Lipinski definition) is 0. The standard InChI is InChI=1S/C93H61N5/c1-93(2)79-37-16-12-33-76(79)87-67(35-21-38-80(87)93)58-43-47-65(48-44-58)97-86-57-60(45-49-71(86)74-51-50-72-69-31-13-17-39-81(69)95(89(72)90(74)97)63-26-8-4-9-27-63)59-46-54-84-78(56-59)75-53-52-73-70-32-14-18-40-82(70)98(91(73)92(75)96(84)64-28-10-5-11-29-64)66-30-20-23-61(55-66)68-36-22-42-85-88(68)77-34-15-19-41-83(77)94(85)62-24-6-3-7-25-62/h3-57H,1-2H3. The van der Waals surface area contributed by atoms with Crippen molar-refractivity contribution >= 4 is 109 Å². The molecule has 0 spiro atoms. The molecule has 98 heavy (non-hydrogen) atoms. The van der Waals surface area contributed by atoms with E-state index in [1.54, 1.807) is 0 Å². The summed E-state index contributed by atoms with van der Waals surface area (Å²) in [4.78, 5) is 0. The van der Waals surface area contributed by atoms with Crippen LogP contribution in [0.2, 0.25) is 0 Å². The van der Waals surface area contributed by atoms with Gasteiger partial charge in [0.25, 0.3) is 0 Å². The lowest BCUT2D eigenvalue weighted by molar-refractivity contribution is 0.660. The summed E-state index contributed by atoms with van der Waals surface area (Å²) in [6, 6.07) is 124. The van der Waals surface area contributed by atoms with E-state index in [2.05, 4.69) is 370 Å². The molecule has 0 saturated carbocycles. The predicted molar refractivity (Wildman–Crippen MR) is 412 cm³/mol. The van der Waals surface area contributed by atoms with Crippen molar-refractivity contribution < 1.29 is 0 Å². The first-order valence-corrected chi connectivity index (χ1v) is 34.1. The van der Waals surface area contributed by atoms with Crippen LogP contribution in [0, 0.1) is 0 Å². The molecule has 0 N–H and O–H groups in total. The maximum absolute atomic E-state index is 2.56. The summed E-state index contributed by atoms with van der Waals surface area (Å²) >= 11 is 0. The van der Waals surface area contributed by atoms with Gasteiger partial charge in [-0.3, -0.25) is 0 Å². The Bertz CT molecular complexity index is 6730. The van der Waals surface area contributed by atoms with Crippen molar-refractivity contribution in [3.63, 3.8) is 0 Å². The van der Waals surface area contributed by atoms with Crippen LogP contribution in [0.25, 0.3) is 182 Å². The minimum Gasteiger partial charge on any atom is -0.309 e. The SMILES string of the molecule is CC1(C)c2ccccc2-c2c(-c3ccc(-n4c5cc(-c6ccc7c(c6)c6ccc8c9ccccc9n(-c9cccc(-c%10cccc%11c%10c%10ccccc%10n%11-c%10ccccc%10)c9)c8c6n7-c6ccccc6)ccc5c5ccc6c7ccccc7n(-c7ccccc7)c6c54)cc3)cccc21. The third kappa shape index (κ3) is 7.67. The zero-order valence-electron chi connectivity index (χ0n) is 54.0. The second-order valence-electron chi connectivity index (χ2n) is 27.1. The van der Waals surface area contributed by atoms with E-state index in [1.165, 1.54) is 131 Å². The van der Waals surface area contributed by atoms with Crippen LogP contribution < -0.4 is 0 Å². The van der Waals surface area contributed by atoms with E-state index in [0.29, 0.717) is 0 Å². The Hall–Kier alpha value is -12.7. The molecule has 5 aromatic heterocycles. The minimum atomic E-state index is -0.0953. The van der Waals surface area contributed by atoms with Gasteiger partial charge < -0.3 is 22.8 Å². The maximum atomic E-state index is 2.56. The van der Waals surface area contributed by atoms with Gasteiger partial charge in [0.15, 0.2) is 0 Å². The Balaban J connectivity index is 0.781. The zero-order chi connectivity index (χ0) is 64.5. The monoisotopic (exact) mass is 1250 g/mol. The highest BCUT2D eigenvalue weighted by Crippen LogP contribution is 2.53. The quantitative estimate of drug-likeness (QED) is 0.145. The van der Waals surface area contributed by atoms with Gasteiger partial charge in [0.1, 0.15) is 0 Å². The lowest BCUT2D eigenvalue weighted by Gasteiger charge is -2.21. The Kier molecular flexibility index (Phi) is 11.5. The molecule has 0 unspecified atom stereocenters. The molecule has 1 aliphatic rings. The third-order valence-electron chi connectivity index (χ3n) is 21.7. The Morgan fingerprint density at radius 2 is 0.602 bits per heavy atom. The van der Waals surface area contributed by atoms with E-state index in [9.17, 15) is 0 Å². The first-order valence-electron chi connectivity index (χ1n) is 34.1. The zero-order valence-corrected chi connectivity index (χ0v) is 54.0. The number of rotatable bonds is 8. The van der Waals surface area contributed by atoms with Gasteiger partial charge in [-0.1, -0.05) is 244 Å². The average Bonchev–Trinajstić information content (AvgIpc) is 1.53. The largest absolute Gasteiger partial charge is 0.309 e. The summed E-state index contributed by atoms with van der Waals surface area (Å²) in [6.45, 7) is 4.73. The van der Waals surface area contributed by atoms with Crippen molar-refractivity contribution in [3.8, 4) is 72.9 Å². The molecule has 1 aliphatic carbocycles. The molecule has 5 nitrogen and oxygen atoms in total. The second kappa shape index (κ2) is 20.7. The summed E-state index contributed by atoms with van der Waals surface area (Å²) in [5, 5.41) is 12.2. The molecule has 20 aromatic rings. The van der Waals surface area contributed by atoms with Crippen LogP contribution in [0.4, 0.5) is 0 Å². The molecule has 5 heteroatoms. The predicted octanol–water partition coefficient (Wildman–Crippen LogP) is 24.5. The number of aromatic nitrogens is 5. The molecule has 0 fully saturated rings. The molecule has 21 rings (SSSR count). The van der Waals surface area contributed by atoms with Crippen LogP contribution in [0.5, 0.6) is 0 Å². The van der Waals surface area contributed by atoms with Crippen molar-refractivity contribution in [3.05, 3.63) is 345 Å². The van der Waals surface area contributed by atoms with E-state index in [1.807, 2.05) is 0 Å². The molecule has 458 valence electrons. The Labute approximate surface area is 565 Å². The third-order valence-corrected chi connectivity index (χ3v) is 21.7. The van der Waals surface area contributed by atoms with Crippen LogP contribution in [-0.2, 0) is 5.41 Å². The summed E-state index contributed by atoms with van der Waals surface area (Å²) in [7, 11) is 0. The number of para-hydroxylation sites is 6. The summed E-state index contributed by atoms with van der Waals surface area (Å²) < 4.78 is 12.5. The van der Waals surface area contributed by atoms with Crippen LogP contribution in [0.1, 0.15) is 25.0 Å². The van der Waals surface area contributed by atoms with Crippen molar-refractivity contribution in [2.45, 2.75) is 19.3 Å². The van der Waals surface area contributed by atoms with Gasteiger partial charge in [-0.2, -0.15) is 0 Å². The molecule has 0 atom stereocenters. The first kappa shape index (κ1) is 54.7. The van der Waals surface area contributed by atoms with Crippen LogP contribution in [0.15, 0.2) is 334 Å². The smallest absolute Gasteiger partial charge is 0.0788 e. The molecule has 0 saturated heterocycles. The van der Waals surface area contributed by atoms with Crippen molar-refractivity contribution in [1.82, 2.24) is 22.8 Å². The van der Waals surface area contributed by atoms with Gasteiger partial charge in [0, 0.05) is 87.7 Å². The first-order chi connectivity index (χ1) is 48.4. The second-order valence-corrected chi connectivity index (χ2v) is 27.1. The Morgan fingerprint density at radius 1 is 0.204 bits per heavy atom. The van der Waals surface area contributed by atoms with E-state index in [4.69, 9.17) is 0 Å². The van der Waals surface area contributed by atoms with Crippen LogP contribution >= 0.6 is 0 Å². The van der Waals surface area contributed by atoms with E-state index < -0.39 is 0 Å². The highest BCUT2D eigenvalue weighted by molar-refractivity contribution is 6.26. The summed E-state index contributed by atoms with van der Waals surface area (Å²) in [5.41, 5.74) is 29.8. The van der Waals surface area contributed by atoms with Gasteiger partial charge >= 0.3 is 0 Å². The van der Waals surface area contributed by atoms with Gasteiger partial charge in [-0.15, -0.1) is 0 Å². The lowest BCUT2D eigenvalue weighted by atomic mass is 9.82. The van der Waals surface area contributed by atoms with Gasteiger partial charge in [0.05, 0.1) is 55.2 Å². The molecule has 15 aromatic carbocycles. The lowest BCUT2D eigenvalue weighted by Crippen LogP contribution is -2.14. The number of benzene rings is 15. The highest BCUT2D eigenvalue weighted by atomic mass is 15.1. The van der Waals surface area contributed by atoms with Gasteiger partial charge in [-0.25, -0.2) is 0 Å². The molecular formula is C93H61N5. The fraction of sp³-hybridized carbons (Fsp3) is 0.0323. The Morgan fingerprint density at radius 3 is 1.24 bits per heavy atom. The average molecular weight is 1250 g/mol. The fourth-order valence-corrected chi connectivity index (χ4v) is 17.4. The minimum absolute atomic E-state index is 0.0953. The number of nitrogens with zero attached hydrogens (tertiary/aromatic N) is 5. The number of fused-ring (bicyclic) bond motifs is 20. The maximum Gasteiger partial charge on any atom is 0.0788 e. The fourth-order valence-electron chi connectivity index (χ4n) is 17.4. The van der Waals surface area contributed by atoms with E-state index in [-0.39, 0.29) is 5.41 Å².